The number of nitrogens with two attached hydrogens (primary N) is 1. The summed E-state index contributed by atoms with van der Waals surface area (Å²) in [6, 6.07) is 6.31. The number of hydrogen-bond acceptors (Lipinski definition) is 9. The van der Waals surface area contributed by atoms with Crippen molar-refractivity contribution >= 4 is 54.7 Å². The molecule has 3 N–H and O–H groups in total. The van der Waals surface area contributed by atoms with Gasteiger partial charge in [-0.15, -0.1) is 11.3 Å². The van der Waals surface area contributed by atoms with Crippen LogP contribution < -0.4 is 20.7 Å². The van der Waals surface area contributed by atoms with Gasteiger partial charge in [0, 0.05) is 54.5 Å². The number of anilines is 2. The molecule has 4 fully saturated rings. The van der Waals surface area contributed by atoms with Gasteiger partial charge in [0.1, 0.15) is 41.0 Å². The Morgan fingerprint density at radius 3 is 2.84 bits per heavy atom. The Kier molecular flexibility index (Phi) is 6.66. The van der Waals surface area contributed by atoms with E-state index in [1.165, 1.54) is 12.1 Å². The van der Waals surface area contributed by atoms with Gasteiger partial charge in [-0.3, -0.25) is 4.90 Å². The molecule has 0 unspecified atom stereocenters. The number of thiophene rings is 1. The number of fused-ring (bicyclic) bond motifs is 3. The van der Waals surface area contributed by atoms with Crippen LogP contribution in [0.2, 0.25) is 5.02 Å². The Balaban J connectivity index is 1.28. The number of nitriles is 1. The smallest absolute Gasteiger partial charge is 0.319 e. The van der Waals surface area contributed by atoms with Gasteiger partial charge in [0.25, 0.3) is 0 Å². The third-order valence-corrected chi connectivity index (χ3v) is 11.9. The van der Waals surface area contributed by atoms with Gasteiger partial charge in [0.15, 0.2) is 5.82 Å². The lowest BCUT2D eigenvalue weighted by atomic mass is 9.77. The van der Waals surface area contributed by atoms with Crippen LogP contribution in [0.3, 0.4) is 0 Å². The predicted octanol–water partition coefficient (Wildman–Crippen LogP) is 6.04. The summed E-state index contributed by atoms with van der Waals surface area (Å²) in [5.74, 6) is -0.302. The normalized spacial score (nSPS) is 27.9. The molecule has 4 saturated heterocycles. The van der Waals surface area contributed by atoms with Crippen molar-refractivity contribution in [3.8, 4) is 23.2 Å². The Morgan fingerprint density at radius 2 is 2.11 bits per heavy atom. The van der Waals surface area contributed by atoms with Crippen LogP contribution in [0.25, 0.3) is 32.1 Å². The van der Waals surface area contributed by atoms with E-state index in [0.29, 0.717) is 43.2 Å². The Hall–Kier alpha value is -3.37. The van der Waals surface area contributed by atoms with Crippen molar-refractivity contribution in [2.24, 2.45) is 5.92 Å². The Labute approximate surface area is 266 Å². The molecule has 8 rings (SSSR count). The van der Waals surface area contributed by atoms with Crippen molar-refractivity contribution in [3.63, 3.8) is 0 Å². The molecule has 13 heteroatoms. The van der Waals surface area contributed by atoms with E-state index in [-0.39, 0.29) is 60.5 Å². The van der Waals surface area contributed by atoms with Crippen LogP contribution >= 0.6 is 22.9 Å². The molecule has 6 heterocycles. The minimum Gasteiger partial charge on any atom is -0.461 e. The lowest BCUT2D eigenvalue weighted by Crippen LogP contribution is -2.65. The van der Waals surface area contributed by atoms with Crippen LogP contribution in [0.4, 0.5) is 24.0 Å². The zero-order chi connectivity index (χ0) is 31.2. The molecule has 1 spiro atoms. The summed E-state index contributed by atoms with van der Waals surface area (Å²) < 4.78 is 52.6. The van der Waals surface area contributed by atoms with Crippen molar-refractivity contribution in [1.29, 1.82) is 5.26 Å². The standard InChI is InChI=1S/C32H31ClF3N7OS/c1-16-12-39-32(16)6-8-42(14-32)29-19-9-21(33)24(18-3-4-22(35)27-23(18)20(11-37)28(38)45-27)25(36)26(19)40-30(41-29)44-15-31-5-2-7-43(31)13-17(34)10-31/h3-4,9,16-17,39H,2,5-8,10,12-15,38H2,1H3/t16-,17+,31-,32-/m0/s1. The van der Waals surface area contributed by atoms with E-state index in [1.54, 1.807) is 6.07 Å². The number of aromatic nitrogens is 2. The first-order valence-corrected chi connectivity index (χ1v) is 16.4. The van der Waals surface area contributed by atoms with E-state index < -0.39 is 23.3 Å². The highest BCUT2D eigenvalue weighted by molar-refractivity contribution is 7.23. The predicted molar refractivity (Wildman–Crippen MR) is 170 cm³/mol. The third-order valence-electron chi connectivity index (χ3n) is 10.6. The largest absolute Gasteiger partial charge is 0.461 e. The SMILES string of the molecule is C[C@H]1CN[C@]12CCN(c1nc(OC[C@@]34CCCN3C[C@H](F)C4)nc3c(F)c(-c4ccc(F)c5sc(N)c(C#N)c45)c(Cl)cc13)C2. The molecular weight excluding hydrogens is 623 g/mol. The van der Waals surface area contributed by atoms with Crippen molar-refractivity contribution in [3.05, 3.63) is 40.4 Å². The summed E-state index contributed by atoms with van der Waals surface area (Å²) in [7, 11) is 0. The van der Waals surface area contributed by atoms with Crippen molar-refractivity contribution < 1.29 is 17.9 Å². The number of alkyl halides is 1. The van der Waals surface area contributed by atoms with E-state index in [4.69, 9.17) is 27.1 Å². The van der Waals surface area contributed by atoms with Crippen LogP contribution in [0.5, 0.6) is 6.01 Å². The Morgan fingerprint density at radius 1 is 1.27 bits per heavy atom. The van der Waals surface area contributed by atoms with Crippen LogP contribution in [-0.4, -0.2) is 71.4 Å². The molecule has 4 aliphatic heterocycles. The molecule has 234 valence electrons. The van der Waals surface area contributed by atoms with Crippen molar-refractivity contribution in [2.75, 3.05) is 50.0 Å². The van der Waals surface area contributed by atoms with Crippen molar-refractivity contribution in [2.45, 2.75) is 49.9 Å². The average Bonchev–Trinajstić information content (AvgIpc) is 3.78. The van der Waals surface area contributed by atoms with Gasteiger partial charge in [-0.25, -0.2) is 13.2 Å². The Bertz CT molecular complexity index is 1930. The highest BCUT2D eigenvalue weighted by Crippen LogP contribution is 2.47. The summed E-state index contributed by atoms with van der Waals surface area (Å²) in [5, 5.41) is 14.3. The number of halogens is 4. The fourth-order valence-electron chi connectivity index (χ4n) is 8.02. The third kappa shape index (κ3) is 4.31. The molecule has 4 aromatic rings. The van der Waals surface area contributed by atoms with E-state index >= 15 is 4.39 Å². The number of ether oxygens (including phenoxy) is 1. The maximum Gasteiger partial charge on any atom is 0.319 e. The zero-order valence-electron chi connectivity index (χ0n) is 24.6. The van der Waals surface area contributed by atoms with Gasteiger partial charge in [-0.05, 0) is 49.4 Å². The minimum atomic E-state index is -0.918. The molecule has 0 aliphatic carbocycles. The summed E-state index contributed by atoms with van der Waals surface area (Å²) in [6.07, 6.45) is 2.14. The second-order valence-electron chi connectivity index (χ2n) is 13.0. The lowest BCUT2D eigenvalue weighted by molar-refractivity contribution is 0.107. The maximum atomic E-state index is 16.9. The van der Waals surface area contributed by atoms with E-state index in [1.807, 2.05) is 6.07 Å². The molecule has 0 bridgehead atoms. The molecule has 8 nitrogen and oxygen atoms in total. The molecule has 2 aromatic heterocycles. The molecule has 2 aromatic carbocycles. The number of nitrogen functional groups attached to an aromatic ring is 1. The maximum absolute atomic E-state index is 16.9. The first-order chi connectivity index (χ1) is 21.6. The van der Waals surface area contributed by atoms with Gasteiger partial charge < -0.3 is 20.7 Å². The second kappa shape index (κ2) is 10.3. The molecule has 4 atom stereocenters. The van der Waals surface area contributed by atoms with E-state index in [0.717, 1.165) is 43.7 Å². The molecule has 4 aliphatic rings. The zero-order valence-corrected chi connectivity index (χ0v) is 26.2. The molecule has 0 saturated carbocycles. The van der Waals surface area contributed by atoms with Crippen molar-refractivity contribution in [1.82, 2.24) is 20.2 Å². The minimum absolute atomic E-state index is 0.000260. The number of nitrogens with zero attached hydrogens (tertiary/aromatic N) is 5. The van der Waals surface area contributed by atoms with E-state index in [9.17, 15) is 14.0 Å². The monoisotopic (exact) mass is 653 g/mol. The highest BCUT2D eigenvalue weighted by Gasteiger charge is 2.50. The van der Waals surface area contributed by atoms with Gasteiger partial charge in [-0.2, -0.15) is 15.2 Å². The quantitative estimate of drug-likeness (QED) is 0.269. The first-order valence-electron chi connectivity index (χ1n) is 15.3. The fraction of sp³-hybridized carbons (Fsp3) is 0.469. The summed E-state index contributed by atoms with van der Waals surface area (Å²) in [4.78, 5) is 13.7. The highest BCUT2D eigenvalue weighted by atomic mass is 35.5. The van der Waals surface area contributed by atoms with Gasteiger partial charge >= 0.3 is 6.01 Å². The number of hydrogen-bond donors (Lipinski definition) is 2. The molecule has 0 amide bonds. The average molecular weight is 654 g/mol. The topological polar surface area (TPSA) is 103 Å². The van der Waals surface area contributed by atoms with Crippen LogP contribution in [-0.2, 0) is 0 Å². The van der Waals surface area contributed by atoms with Gasteiger partial charge in [0.2, 0.25) is 0 Å². The molecular formula is C32H31ClF3N7OS. The summed E-state index contributed by atoms with van der Waals surface area (Å²) in [6.45, 7) is 5.93. The number of rotatable bonds is 5. The molecule has 45 heavy (non-hydrogen) atoms. The summed E-state index contributed by atoms with van der Waals surface area (Å²) in [5.41, 5.74) is 5.89. The van der Waals surface area contributed by atoms with E-state index in [2.05, 4.69) is 27.0 Å². The number of nitrogens with one attached hydrogen (secondary N) is 1. The van der Waals surface area contributed by atoms with Crippen LogP contribution in [0, 0.1) is 28.9 Å². The summed E-state index contributed by atoms with van der Waals surface area (Å²) >= 11 is 7.77. The second-order valence-corrected chi connectivity index (χ2v) is 14.5. The number of benzene rings is 2. The lowest BCUT2D eigenvalue weighted by Gasteiger charge is -2.46. The first kappa shape index (κ1) is 29.1. The van der Waals surface area contributed by atoms with Crippen LogP contribution in [0.15, 0.2) is 18.2 Å². The molecule has 0 radical (unpaired) electrons. The van der Waals surface area contributed by atoms with Gasteiger partial charge in [-0.1, -0.05) is 24.6 Å². The fourth-order valence-corrected chi connectivity index (χ4v) is 9.27. The van der Waals surface area contributed by atoms with Crippen LogP contribution in [0.1, 0.15) is 38.2 Å². The van der Waals surface area contributed by atoms with Gasteiger partial charge in [0.05, 0.1) is 20.8 Å².